The minimum atomic E-state index is -4.76. The first-order chi connectivity index (χ1) is 20.0. The molecule has 43 heavy (non-hydrogen) atoms. The number of fused-ring (bicyclic) bond motifs is 1. The molecule has 2 aromatic carbocycles. The number of ether oxygens (including phenoxy) is 3. The summed E-state index contributed by atoms with van der Waals surface area (Å²) < 4.78 is 57.8. The fraction of sp³-hybridized carbons (Fsp3) is 0.483. The standard InChI is InChI=1S/C29H34F3N5O6/c1-16(18-11-19(29(30,31)32)13-20(12-18)37(39)40)33-26-22-14-25(24(41-6)15-23(22)34-17(2)35-26)42-21-7-9-36(10-8-21)27(38)43-28(3,4)5/h11-16,21H,7-10H2,1-6H3,(H,33,34,35). The molecule has 0 saturated carbocycles. The first kappa shape index (κ1) is 31.6. The molecular weight excluding hydrogens is 571 g/mol. The van der Waals surface area contributed by atoms with Crippen LogP contribution in [0.2, 0.25) is 0 Å². The minimum absolute atomic E-state index is 0.0627. The number of benzene rings is 2. The van der Waals surface area contributed by atoms with Crippen molar-refractivity contribution in [1.29, 1.82) is 0 Å². The monoisotopic (exact) mass is 605 g/mol. The normalized spacial score (nSPS) is 15.2. The van der Waals surface area contributed by atoms with E-state index in [4.69, 9.17) is 14.2 Å². The van der Waals surface area contributed by atoms with Gasteiger partial charge in [0.15, 0.2) is 11.5 Å². The molecule has 1 unspecified atom stereocenters. The number of nitrogens with zero attached hydrogens (tertiary/aromatic N) is 4. The Balaban J connectivity index is 1.60. The van der Waals surface area contributed by atoms with E-state index in [1.807, 2.05) is 20.8 Å². The fourth-order valence-corrected chi connectivity index (χ4v) is 4.72. The van der Waals surface area contributed by atoms with Crippen molar-refractivity contribution in [2.75, 3.05) is 25.5 Å². The zero-order valence-electron chi connectivity index (χ0n) is 24.7. The molecule has 1 atom stereocenters. The number of hydrogen-bond acceptors (Lipinski definition) is 9. The second-order valence-electron chi connectivity index (χ2n) is 11.4. The van der Waals surface area contributed by atoms with Crippen LogP contribution in [0.15, 0.2) is 30.3 Å². The summed E-state index contributed by atoms with van der Waals surface area (Å²) in [6.07, 6.45) is -4.25. The molecule has 0 aliphatic carbocycles. The lowest BCUT2D eigenvalue weighted by Crippen LogP contribution is -2.44. The topological polar surface area (TPSA) is 129 Å². The maximum absolute atomic E-state index is 13.5. The molecule has 1 N–H and O–H groups in total. The Morgan fingerprint density at radius 3 is 2.35 bits per heavy atom. The van der Waals surface area contributed by atoms with Crippen molar-refractivity contribution in [2.24, 2.45) is 0 Å². The molecule has 11 nitrogen and oxygen atoms in total. The van der Waals surface area contributed by atoms with Crippen LogP contribution in [-0.4, -0.2) is 57.8 Å². The number of amides is 1. The number of anilines is 1. The molecule has 0 bridgehead atoms. The predicted octanol–water partition coefficient (Wildman–Crippen LogP) is 6.83. The van der Waals surface area contributed by atoms with E-state index in [2.05, 4.69) is 15.3 Å². The molecule has 1 amide bonds. The molecule has 14 heteroatoms. The summed E-state index contributed by atoms with van der Waals surface area (Å²) in [6, 6.07) is 5.07. The van der Waals surface area contributed by atoms with Gasteiger partial charge < -0.3 is 24.4 Å². The van der Waals surface area contributed by atoms with Gasteiger partial charge in [-0.2, -0.15) is 13.2 Å². The van der Waals surface area contributed by atoms with E-state index in [0.29, 0.717) is 66.0 Å². The van der Waals surface area contributed by atoms with Crippen LogP contribution >= 0.6 is 0 Å². The summed E-state index contributed by atoms with van der Waals surface area (Å²) in [7, 11) is 1.50. The third-order valence-electron chi connectivity index (χ3n) is 6.81. The lowest BCUT2D eigenvalue weighted by molar-refractivity contribution is -0.385. The maximum Gasteiger partial charge on any atom is 0.416 e. The van der Waals surface area contributed by atoms with Crippen molar-refractivity contribution in [2.45, 2.75) is 71.4 Å². The highest BCUT2D eigenvalue weighted by molar-refractivity contribution is 5.92. The van der Waals surface area contributed by atoms with Crippen molar-refractivity contribution in [3.05, 3.63) is 57.4 Å². The number of likely N-dealkylation sites (tertiary alicyclic amines) is 1. The van der Waals surface area contributed by atoms with Crippen LogP contribution in [0.3, 0.4) is 0 Å². The lowest BCUT2D eigenvalue weighted by Gasteiger charge is -2.33. The van der Waals surface area contributed by atoms with Gasteiger partial charge in [-0.15, -0.1) is 0 Å². The Labute approximate surface area is 246 Å². The lowest BCUT2D eigenvalue weighted by atomic mass is 10.0. The maximum atomic E-state index is 13.5. The number of aryl methyl sites for hydroxylation is 1. The van der Waals surface area contributed by atoms with Crippen LogP contribution in [-0.2, 0) is 10.9 Å². The highest BCUT2D eigenvalue weighted by Gasteiger charge is 2.33. The molecule has 232 valence electrons. The fourth-order valence-electron chi connectivity index (χ4n) is 4.72. The number of alkyl halides is 3. The second-order valence-corrected chi connectivity index (χ2v) is 11.4. The van der Waals surface area contributed by atoms with Crippen LogP contribution < -0.4 is 14.8 Å². The van der Waals surface area contributed by atoms with Gasteiger partial charge in [-0.3, -0.25) is 10.1 Å². The van der Waals surface area contributed by atoms with E-state index in [9.17, 15) is 28.1 Å². The SMILES string of the molecule is COc1cc2nc(C)nc(NC(C)c3cc([N+](=O)[O-])cc(C(F)(F)F)c3)c2cc1OC1CCN(C(=O)OC(C)(C)C)CC1. The Morgan fingerprint density at radius 2 is 1.77 bits per heavy atom. The van der Waals surface area contributed by atoms with Crippen molar-refractivity contribution >= 4 is 28.5 Å². The Morgan fingerprint density at radius 1 is 1.09 bits per heavy atom. The highest BCUT2D eigenvalue weighted by atomic mass is 19.4. The average Bonchev–Trinajstić information content (AvgIpc) is 2.91. The van der Waals surface area contributed by atoms with Crippen LogP contribution in [0.25, 0.3) is 10.9 Å². The van der Waals surface area contributed by atoms with E-state index in [1.54, 1.807) is 30.9 Å². The third kappa shape index (κ3) is 7.73. The quantitative estimate of drug-likeness (QED) is 0.228. The van der Waals surface area contributed by atoms with Crippen LogP contribution in [0, 0.1) is 17.0 Å². The Kier molecular flexibility index (Phi) is 8.88. The first-order valence-corrected chi connectivity index (χ1v) is 13.7. The molecule has 1 aliphatic heterocycles. The number of hydrogen-bond donors (Lipinski definition) is 1. The number of nitrogens with one attached hydrogen (secondary N) is 1. The largest absolute Gasteiger partial charge is 0.493 e. The van der Waals surface area contributed by atoms with Crippen molar-refractivity contribution in [1.82, 2.24) is 14.9 Å². The van der Waals surface area contributed by atoms with Gasteiger partial charge in [0.1, 0.15) is 23.3 Å². The van der Waals surface area contributed by atoms with E-state index in [1.165, 1.54) is 7.11 Å². The van der Waals surface area contributed by atoms with Gasteiger partial charge in [0.2, 0.25) is 0 Å². The van der Waals surface area contributed by atoms with Gasteiger partial charge >= 0.3 is 12.3 Å². The summed E-state index contributed by atoms with van der Waals surface area (Å²) in [6.45, 7) is 9.58. The van der Waals surface area contributed by atoms with E-state index in [-0.39, 0.29) is 17.8 Å². The summed E-state index contributed by atoms with van der Waals surface area (Å²) in [4.78, 5) is 33.5. The number of aromatic nitrogens is 2. The third-order valence-corrected chi connectivity index (χ3v) is 6.81. The van der Waals surface area contributed by atoms with Crippen LogP contribution in [0.5, 0.6) is 11.5 Å². The van der Waals surface area contributed by atoms with Crippen LogP contribution in [0.4, 0.5) is 29.5 Å². The van der Waals surface area contributed by atoms with Crippen LogP contribution in [0.1, 0.15) is 63.5 Å². The number of rotatable bonds is 7. The van der Waals surface area contributed by atoms with Crippen molar-refractivity contribution < 1.29 is 37.1 Å². The van der Waals surface area contributed by atoms with Gasteiger partial charge in [0.25, 0.3) is 5.69 Å². The van der Waals surface area contributed by atoms with Gasteiger partial charge in [-0.1, -0.05) is 0 Å². The molecule has 4 rings (SSSR count). The number of nitro groups is 1. The average molecular weight is 606 g/mol. The number of halogens is 3. The predicted molar refractivity (Wildman–Crippen MR) is 152 cm³/mol. The smallest absolute Gasteiger partial charge is 0.416 e. The van der Waals surface area contributed by atoms with Gasteiger partial charge in [0.05, 0.1) is 29.2 Å². The van der Waals surface area contributed by atoms with Crippen molar-refractivity contribution in [3.8, 4) is 11.5 Å². The van der Waals surface area contributed by atoms with Crippen molar-refractivity contribution in [3.63, 3.8) is 0 Å². The van der Waals surface area contributed by atoms with E-state index in [0.717, 1.165) is 12.1 Å². The Bertz CT molecular complexity index is 1520. The number of carbonyl (C=O) groups is 1. The highest BCUT2D eigenvalue weighted by Crippen LogP contribution is 2.38. The summed E-state index contributed by atoms with van der Waals surface area (Å²) in [5, 5.41) is 15.0. The molecular formula is C29H34F3N5O6. The molecule has 1 fully saturated rings. The molecule has 1 aromatic heterocycles. The summed E-state index contributed by atoms with van der Waals surface area (Å²) >= 11 is 0. The van der Waals surface area contributed by atoms with E-state index >= 15 is 0 Å². The second kappa shape index (κ2) is 12.1. The van der Waals surface area contributed by atoms with Gasteiger partial charge in [-0.25, -0.2) is 14.8 Å². The van der Waals surface area contributed by atoms with Gasteiger partial charge in [0, 0.05) is 49.5 Å². The minimum Gasteiger partial charge on any atom is -0.493 e. The first-order valence-electron chi connectivity index (χ1n) is 13.7. The summed E-state index contributed by atoms with van der Waals surface area (Å²) in [5.41, 5.74) is -1.82. The molecule has 0 spiro atoms. The molecule has 2 heterocycles. The number of carbonyl (C=O) groups excluding carboxylic acids is 1. The van der Waals surface area contributed by atoms with Gasteiger partial charge in [-0.05, 0) is 52.3 Å². The zero-order chi connectivity index (χ0) is 31.7. The Hall–Kier alpha value is -4.36. The molecule has 1 aliphatic rings. The number of methoxy groups -OCH3 is 1. The summed E-state index contributed by atoms with van der Waals surface area (Å²) in [5.74, 6) is 1.53. The number of non-ortho nitro benzene ring substituents is 1. The molecule has 1 saturated heterocycles. The van der Waals surface area contributed by atoms with E-state index < -0.39 is 34.0 Å². The molecule has 3 aromatic rings. The molecule has 0 radical (unpaired) electrons. The zero-order valence-corrected chi connectivity index (χ0v) is 24.7. The number of nitro benzene ring substituents is 1. The number of piperidine rings is 1.